The minimum Gasteiger partial charge on any atom is -0.399 e. The number of halogens is 1. The van der Waals surface area contributed by atoms with Gasteiger partial charge >= 0.3 is 0 Å². The molecule has 0 unspecified atom stereocenters. The van der Waals surface area contributed by atoms with Crippen molar-refractivity contribution in [2.45, 2.75) is 12.8 Å². The zero-order valence-corrected chi connectivity index (χ0v) is 13.5. The van der Waals surface area contributed by atoms with E-state index in [9.17, 15) is 9.59 Å². The molecule has 0 saturated carbocycles. The molecule has 1 amide bonds. The number of fused-ring (bicyclic) bond motifs is 1. The van der Waals surface area contributed by atoms with Crippen LogP contribution >= 0.6 is 15.9 Å². The molecular weight excluding hydrogens is 344 g/mol. The summed E-state index contributed by atoms with van der Waals surface area (Å²) in [5.74, 6) is -0.0396. The molecular formula is C17H15BrN2O2. The average Bonchev–Trinajstić information content (AvgIpc) is 2.67. The van der Waals surface area contributed by atoms with Crippen LogP contribution in [0.4, 0.5) is 11.4 Å². The third-order valence-corrected chi connectivity index (χ3v) is 4.23. The highest BCUT2D eigenvalue weighted by Crippen LogP contribution is 2.30. The smallest absolute Gasteiger partial charge is 0.258 e. The lowest BCUT2D eigenvalue weighted by molar-refractivity contribution is 0.0973. The van der Waals surface area contributed by atoms with Crippen LogP contribution in [0.5, 0.6) is 0 Å². The van der Waals surface area contributed by atoms with Gasteiger partial charge in [-0.15, -0.1) is 0 Å². The summed E-state index contributed by atoms with van der Waals surface area (Å²) in [6, 6.07) is 12.3. The second-order valence-corrected chi connectivity index (χ2v) is 6.18. The number of carbonyl (C=O) groups is 2. The van der Waals surface area contributed by atoms with Crippen LogP contribution in [-0.4, -0.2) is 18.2 Å². The maximum Gasteiger partial charge on any atom is 0.258 e. The summed E-state index contributed by atoms with van der Waals surface area (Å²) in [5.41, 5.74) is 8.12. The largest absolute Gasteiger partial charge is 0.399 e. The van der Waals surface area contributed by atoms with Crippen molar-refractivity contribution in [1.29, 1.82) is 0 Å². The molecule has 2 aromatic rings. The molecule has 0 aliphatic carbocycles. The lowest BCUT2D eigenvalue weighted by atomic mass is 10.1. The van der Waals surface area contributed by atoms with E-state index >= 15 is 0 Å². The number of rotatable bonds is 1. The van der Waals surface area contributed by atoms with Crippen molar-refractivity contribution in [3.63, 3.8) is 0 Å². The molecule has 3 rings (SSSR count). The predicted molar refractivity (Wildman–Crippen MR) is 90.2 cm³/mol. The number of nitrogens with two attached hydrogens (primary N) is 1. The first kappa shape index (κ1) is 14.8. The van der Waals surface area contributed by atoms with Crippen LogP contribution in [-0.2, 0) is 0 Å². The molecule has 1 heterocycles. The molecule has 0 spiro atoms. The van der Waals surface area contributed by atoms with E-state index in [0.29, 0.717) is 41.9 Å². The van der Waals surface area contributed by atoms with Gasteiger partial charge < -0.3 is 10.6 Å². The van der Waals surface area contributed by atoms with Crippen LogP contribution in [0, 0.1) is 0 Å². The van der Waals surface area contributed by atoms with Crippen LogP contribution in [0.25, 0.3) is 0 Å². The Kier molecular flexibility index (Phi) is 3.98. The summed E-state index contributed by atoms with van der Waals surface area (Å²) < 4.78 is 0.835. The fraction of sp³-hybridized carbons (Fsp3) is 0.176. The number of nitrogen functional groups attached to an aromatic ring is 1. The highest BCUT2D eigenvalue weighted by molar-refractivity contribution is 9.10. The fourth-order valence-corrected chi connectivity index (χ4v) is 2.97. The Morgan fingerprint density at radius 2 is 1.86 bits per heavy atom. The summed E-state index contributed by atoms with van der Waals surface area (Å²) in [6.07, 6.45) is 1.11. The molecule has 2 N–H and O–H groups in total. The highest BCUT2D eigenvalue weighted by atomic mass is 79.9. The third-order valence-electron chi connectivity index (χ3n) is 3.74. The van der Waals surface area contributed by atoms with Crippen molar-refractivity contribution in [2.24, 2.45) is 0 Å². The lowest BCUT2D eigenvalue weighted by Crippen LogP contribution is -2.31. The van der Waals surface area contributed by atoms with Crippen molar-refractivity contribution in [3.05, 3.63) is 58.1 Å². The van der Waals surface area contributed by atoms with Crippen LogP contribution in [0.1, 0.15) is 33.6 Å². The van der Waals surface area contributed by atoms with E-state index in [0.717, 1.165) is 4.47 Å². The Hall–Kier alpha value is -2.14. The summed E-state index contributed by atoms with van der Waals surface area (Å²) in [5, 5.41) is 0. The van der Waals surface area contributed by atoms with E-state index in [1.807, 2.05) is 12.1 Å². The van der Waals surface area contributed by atoms with Gasteiger partial charge in [-0.25, -0.2) is 0 Å². The van der Waals surface area contributed by atoms with E-state index < -0.39 is 0 Å². The Bertz CT molecular complexity index is 741. The van der Waals surface area contributed by atoms with E-state index in [2.05, 4.69) is 15.9 Å². The van der Waals surface area contributed by atoms with E-state index in [1.165, 1.54) is 0 Å². The van der Waals surface area contributed by atoms with Crippen LogP contribution < -0.4 is 10.6 Å². The van der Waals surface area contributed by atoms with Crippen molar-refractivity contribution in [2.75, 3.05) is 17.2 Å². The van der Waals surface area contributed by atoms with Gasteiger partial charge in [-0.05, 0) is 48.9 Å². The Balaban J connectivity index is 2.03. The monoisotopic (exact) mass is 358 g/mol. The van der Waals surface area contributed by atoms with Gasteiger partial charge in [0.25, 0.3) is 5.91 Å². The number of amides is 1. The third kappa shape index (κ3) is 2.76. The minimum atomic E-state index is -0.113. The molecule has 1 aliphatic rings. The van der Waals surface area contributed by atoms with Crippen molar-refractivity contribution in [3.8, 4) is 0 Å². The quantitative estimate of drug-likeness (QED) is 0.791. The molecule has 0 atom stereocenters. The predicted octanol–water partition coefficient (Wildman–Crippen LogP) is 3.65. The maximum absolute atomic E-state index is 12.8. The summed E-state index contributed by atoms with van der Waals surface area (Å²) >= 11 is 3.38. The van der Waals surface area contributed by atoms with Crippen molar-refractivity contribution < 1.29 is 9.59 Å². The summed E-state index contributed by atoms with van der Waals surface area (Å²) in [6.45, 7) is 0.531. The molecule has 1 aliphatic heterocycles. The minimum absolute atomic E-state index is 0.0731. The topological polar surface area (TPSA) is 63.4 Å². The molecule has 4 nitrogen and oxygen atoms in total. The second-order valence-electron chi connectivity index (χ2n) is 5.27. The van der Waals surface area contributed by atoms with E-state index in [-0.39, 0.29) is 11.7 Å². The summed E-state index contributed by atoms with van der Waals surface area (Å²) in [4.78, 5) is 26.7. The first-order valence-corrected chi connectivity index (χ1v) is 7.86. The number of hydrogen-bond acceptors (Lipinski definition) is 3. The molecule has 22 heavy (non-hydrogen) atoms. The van der Waals surface area contributed by atoms with Gasteiger partial charge in [0.05, 0.1) is 5.69 Å². The Morgan fingerprint density at radius 3 is 2.59 bits per heavy atom. The second kappa shape index (κ2) is 5.93. The van der Waals surface area contributed by atoms with E-state index in [4.69, 9.17) is 5.73 Å². The highest BCUT2D eigenvalue weighted by Gasteiger charge is 2.26. The molecule has 0 saturated heterocycles. The molecule has 0 aromatic heterocycles. The fourth-order valence-electron chi connectivity index (χ4n) is 2.61. The number of carbonyl (C=O) groups excluding carboxylic acids is 2. The standard InChI is InChI=1S/C17H15BrN2O2/c18-12-5-8-15-14(10-12)16(21)2-1-9-20(15)17(22)11-3-6-13(19)7-4-11/h3-8,10H,1-2,9,19H2. The van der Waals surface area contributed by atoms with Gasteiger partial charge in [0.2, 0.25) is 0 Å². The van der Waals surface area contributed by atoms with Gasteiger partial charge in [0.1, 0.15) is 0 Å². The molecule has 0 fully saturated rings. The molecule has 0 bridgehead atoms. The summed E-state index contributed by atoms with van der Waals surface area (Å²) in [7, 11) is 0. The molecule has 2 aromatic carbocycles. The number of Topliss-reactive ketones (excluding diaryl/α,β-unsaturated/α-hetero) is 1. The number of hydrogen-bond donors (Lipinski definition) is 1. The molecule has 5 heteroatoms. The number of ketones is 1. The van der Waals surface area contributed by atoms with Crippen molar-refractivity contribution in [1.82, 2.24) is 0 Å². The van der Waals surface area contributed by atoms with Crippen LogP contribution in [0.15, 0.2) is 46.9 Å². The van der Waals surface area contributed by atoms with Crippen LogP contribution in [0.3, 0.4) is 0 Å². The molecule has 0 radical (unpaired) electrons. The van der Waals surface area contributed by atoms with Crippen LogP contribution in [0.2, 0.25) is 0 Å². The zero-order chi connectivity index (χ0) is 15.7. The number of benzene rings is 2. The first-order valence-electron chi connectivity index (χ1n) is 7.06. The molecule has 112 valence electrons. The van der Waals surface area contributed by atoms with Gasteiger partial charge in [-0.3, -0.25) is 9.59 Å². The van der Waals surface area contributed by atoms with Gasteiger partial charge in [0.15, 0.2) is 5.78 Å². The lowest BCUT2D eigenvalue weighted by Gasteiger charge is -2.22. The van der Waals surface area contributed by atoms with Crippen molar-refractivity contribution >= 4 is 39.0 Å². The Morgan fingerprint density at radius 1 is 1.14 bits per heavy atom. The average molecular weight is 359 g/mol. The normalized spacial score (nSPS) is 14.4. The van der Waals surface area contributed by atoms with Gasteiger partial charge in [-0.2, -0.15) is 0 Å². The van der Waals surface area contributed by atoms with Gasteiger partial charge in [0, 0.05) is 34.3 Å². The SMILES string of the molecule is Nc1ccc(C(=O)N2CCCC(=O)c3cc(Br)ccc32)cc1. The zero-order valence-electron chi connectivity index (χ0n) is 11.9. The Labute approximate surface area is 137 Å². The number of nitrogens with zero attached hydrogens (tertiary/aromatic N) is 1. The number of anilines is 2. The maximum atomic E-state index is 12.8. The van der Waals surface area contributed by atoms with E-state index in [1.54, 1.807) is 35.2 Å². The van der Waals surface area contributed by atoms with Gasteiger partial charge in [-0.1, -0.05) is 15.9 Å². The first-order chi connectivity index (χ1) is 10.6.